The maximum Gasteiger partial charge on any atom is 0.508 e. The number of hydrogen-bond donors (Lipinski definition) is 0. The summed E-state index contributed by atoms with van der Waals surface area (Å²) in [4.78, 5) is 10.6. The van der Waals surface area contributed by atoms with Crippen LogP contribution in [0.5, 0.6) is 0 Å². The molecule has 1 heterocycles. The third-order valence-corrected chi connectivity index (χ3v) is 2.51. The van der Waals surface area contributed by atoms with Gasteiger partial charge in [0.25, 0.3) is 0 Å². The van der Waals surface area contributed by atoms with E-state index in [1.165, 1.54) is 0 Å². The number of cyclic esters (lactones) is 2. The number of allylic oxidation sites excluding steroid dienone is 2. The lowest BCUT2D eigenvalue weighted by Crippen LogP contribution is -2.09. The summed E-state index contributed by atoms with van der Waals surface area (Å²) in [5.41, 5.74) is 2.15. The molecule has 0 amide bonds. The third kappa shape index (κ3) is 4.19. The molecule has 15 heavy (non-hydrogen) atoms. The molecule has 1 saturated heterocycles. The minimum absolute atomic E-state index is 0.0457. The van der Waals surface area contributed by atoms with E-state index in [0.717, 1.165) is 36.8 Å². The molecular weight excluding hydrogens is 192 g/mol. The van der Waals surface area contributed by atoms with Gasteiger partial charge in [0.1, 0.15) is 12.7 Å². The first-order chi connectivity index (χ1) is 7.09. The molecule has 1 rings (SSSR count). The summed E-state index contributed by atoms with van der Waals surface area (Å²) < 4.78 is 9.60. The molecule has 0 aromatic carbocycles. The third-order valence-electron chi connectivity index (χ3n) is 2.51. The summed E-state index contributed by atoms with van der Waals surface area (Å²) in [6.45, 7) is 10.1. The first-order valence-electron chi connectivity index (χ1n) is 5.26. The van der Waals surface area contributed by atoms with E-state index < -0.39 is 6.16 Å². The minimum atomic E-state index is -0.536. The van der Waals surface area contributed by atoms with Crippen LogP contribution in [0, 0.1) is 0 Å². The van der Waals surface area contributed by atoms with Crippen molar-refractivity contribution < 1.29 is 14.3 Å². The van der Waals surface area contributed by atoms with Crippen LogP contribution in [0.25, 0.3) is 0 Å². The standard InChI is InChI=1S/C12H18O3/c1-9(2)10(3)6-4-5-7-11-8-14-12(13)15-11/h11H,1,3-8H2,2H3. The average molecular weight is 210 g/mol. The second kappa shape index (κ2) is 5.59. The average Bonchev–Trinajstić information content (AvgIpc) is 2.58. The molecule has 84 valence electrons. The van der Waals surface area contributed by atoms with Gasteiger partial charge in [0, 0.05) is 0 Å². The van der Waals surface area contributed by atoms with Crippen LogP contribution in [0.2, 0.25) is 0 Å². The fraction of sp³-hybridized carbons (Fsp3) is 0.583. The topological polar surface area (TPSA) is 35.5 Å². The van der Waals surface area contributed by atoms with Crippen molar-refractivity contribution in [2.75, 3.05) is 6.61 Å². The molecule has 0 aliphatic carbocycles. The second-order valence-corrected chi connectivity index (χ2v) is 3.93. The zero-order chi connectivity index (χ0) is 11.3. The van der Waals surface area contributed by atoms with E-state index >= 15 is 0 Å². The monoisotopic (exact) mass is 210 g/mol. The summed E-state index contributed by atoms with van der Waals surface area (Å²) in [6.07, 6.45) is 3.33. The Kier molecular flexibility index (Phi) is 4.40. The molecule has 0 bridgehead atoms. The maximum absolute atomic E-state index is 10.6. The van der Waals surface area contributed by atoms with Crippen LogP contribution < -0.4 is 0 Å². The molecule has 0 spiro atoms. The Balaban J connectivity index is 2.04. The smallest absolute Gasteiger partial charge is 0.430 e. The molecule has 3 heteroatoms. The van der Waals surface area contributed by atoms with Gasteiger partial charge in [0.2, 0.25) is 0 Å². The molecule has 0 aromatic heterocycles. The summed E-state index contributed by atoms with van der Waals surface area (Å²) in [5, 5.41) is 0. The van der Waals surface area contributed by atoms with E-state index in [-0.39, 0.29) is 6.10 Å². The minimum Gasteiger partial charge on any atom is -0.430 e. The SMILES string of the molecule is C=C(C)C(=C)CCCCC1COC(=O)O1. The van der Waals surface area contributed by atoms with Crippen LogP contribution in [-0.4, -0.2) is 18.9 Å². The van der Waals surface area contributed by atoms with Crippen molar-refractivity contribution in [3.8, 4) is 0 Å². The summed E-state index contributed by atoms with van der Waals surface area (Å²) in [7, 11) is 0. The molecule has 1 unspecified atom stereocenters. The lowest BCUT2D eigenvalue weighted by atomic mass is 10.0. The van der Waals surface area contributed by atoms with Gasteiger partial charge in [-0.2, -0.15) is 0 Å². The Morgan fingerprint density at radius 1 is 1.47 bits per heavy atom. The lowest BCUT2D eigenvalue weighted by Gasteiger charge is -2.07. The Bertz CT molecular complexity index is 268. The molecule has 0 N–H and O–H groups in total. The second-order valence-electron chi connectivity index (χ2n) is 3.93. The van der Waals surface area contributed by atoms with Crippen LogP contribution in [0.1, 0.15) is 32.6 Å². The summed E-state index contributed by atoms with van der Waals surface area (Å²) in [6, 6.07) is 0. The number of unbranched alkanes of at least 4 members (excludes halogenated alkanes) is 1. The highest BCUT2D eigenvalue weighted by Gasteiger charge is 2.23. The number of hydrogen-bond acceptors (Lipinski definition) is 3. The van der Waals surface area contributed by atoms with Gasteiger partial charge in [-0.3, -0.25) is 0 Å². The quantitative estimate of drug-likeness (QED) is 0.383. The van der Waals surface area contributed by atoms with E-state index in [0.29, 0.717) is 6.61 Å². The van der Waals surface area contributed by atoms with E-state index in [1.807, 2.05) is 6.92 Å². The molecular formula is C12H18O3. The van der Waals surface area contributed by atoms with Crippen molar-refractivity contribution in [3.05, 3.63) is 24.3 Å². The lowest BCUT2D eigenvalue weighted by molar-refractivity contribution is 0.115. The molecule has 1 atom stereocenters. The van der Waals surface area contributed by atoms with Gasteiger partial charge in [-0.05, 0) is 32.6 Å². The van der Waals surface area contributed by atoms with Crippen LogP contribution in [-0.2, 0) is 9.47 Å². The predicted octanol–water partition coefficient (Wildman–Crippen LogP) is 3.21. The highest BCUT2D eigenvalue weighted by molar-refractivity contribution is 5.61. The van der Waals surface area contributed by atoms with Crippen molar-refractivity contribution in [2.24, 2.45) is 0 Å². The van der Waals surface area contributed by atoms with E-state index in [9.17, 15) is 4.79 Å². The van der Waals surface area contributed by atoms with Crippen molar-refractivity contribution in [1.29, 1.82) is 0 Å². The van der Waals surface area contributed by atoms with Crippen molar-refractivity contribution >= 4 is 6.16 Å². The van der Waals surface area contributed by atoms with Crippen LogP contribution in [0.15, 0.2) is 24.3 Å². The Morgan fingerprint density at radius 3 is 2.73 bits per heavy atom. The molecule has 0 aromatic rings. The first kappa shape index (κ1) is 11.8. The van der Waals surface area contributed by atoms with Gasteiger partial charge in [-0.15, -0.1) is 0 Å². The van der Waals surface area contributed by atoms with E-state index in [4.69, 9.17) is 4.74 Å². The fourth-order valence-electron chi connectivity index (χ4n) is 1.43. The molecule has 1 fully saturated rings. The number of rotatable bonds is 6. The van der Waals surface area contributed by atoms with E-state index in [2.05, 4.69) is 17.9 Å². The Hall–Kier alpha value is -1.25. The summed E-state index contributed by atoms with van der Waals surface area (Å²) in [5.74, 6) is 0. The highest BCUT2D eigenvalue weighted by atomic mass is 16.8. The molecule has 1 aliphatic heterocycles. The zero-order valence-electron chi connectivity index (χ0n) is 9.25. The molecule has 0 saturated carbocycles. The van der Waals surface area contributed by atoms with Crippen molar-refractivity contribution in [3.63, 3.8) is 0 Å². The number of ether oxygens (including phenoxy) is 2. The van der Waals surface area contributed by atoms with Gasteiger partial charge in [-0.1, -0.05) is 24.3 Å². The van der Waals surface area contributed by atoms with Crippen molar-refractivity contribution in [2.45, 2.75) is 38.7 Å². The van der Waals surface area contributed by atoms with Crippen LogP contribution in [0.3, 0.4) is 0 Å². The Morgan fingerprint density at radius 2 is 2.20 bits per heavy atom. The van der Waals surface area contributed by atoms with Gasteiger partial charge in [0.05, 0.1) is 0 Å². The zero-order valence-corrected chi connectivity index (χ0v) is 9.25. The first-order valence-corrected chi connectivity index (χ1v) is 5.26. The van der Waals surface area contributed by atoms with Gasteiger partial charge >= 0.3 is 6.16 Å². The number of carbonyl (C=O) groups is 1. The van der Waals surface area contributed by atoms with Crippen LogP contribution >= 0.6 is 0 Å². The maximum atomic E-state index is 10.6. The van der Waals surface area contributed by atoms with Gasteiger partial charge in [0.15, 0.2) is 0 Å². The van der Waals surface area contributed by atoms with E-state index in [1.54, 1.807) is 0 Å². The molecule has 1 aliphatic rings. The predicted molar refractivity (Wildman–Crippen MR) is 58.6 cm³/mol. The largest absolute Gasteiger partial charge is 0.508 e. The van der Waals surface area contributed by atoms with Gasteiger partial charge in [-0.25, -0.2) is 4.79 Å². The normalized spacial score (nSPS) is 19.5. The molecule has 0 radical (unpaired) electrons. The van der Waals surface area contributed by atoms with Crippen LogP contribution in [0.4, 0.5) is 4.79 Å². The van der Waals surface area contributed by atoms with Crippen molar-refractivity contribution in [1.82, 2.24) is 0 Å². The van der Waals surface area contributed by atoms with Gasteiger partial charge < -0.3 is 9.47 Å². The highest BCUT2D eigenvalue weighted by Crippen LogP contribution is 2.17. The summed E-state index contributed by atoms with van der Waals surface area (Å²) >= 11 is 0. The molecule has 3 nitrogen and oxygen atoms in total. The Labute approximate surface area is 90.8 Å². The number of carbonyl (C=O) groups excluding carboxylic acids is 1. The fourth-order valence-corrected chi connectivity index (χ4v) is 1.43.